The molecule has 0 bridgehead atoms. The maximum absolute atomic E-state index is 12.6. The first-order valence-corrected chi connectivity index (χ1v) is 8.45. The summed E-state index contributed by atoms with van der Waals surface area (Å²) >= 11 is 0. The van der Waals surface area contributed by atoms with E-state index in [-0.39, 0.29) is 5.91 Å². The second-order valence-corrected chi connectivity index (χ2v) is 6.36. The number of hydrogen-bond acceptors (Lipinski definition) is 3. The molecule has 0 spiro atoms. The Morgan fingerprint density at radius 2 is 1.73 bits per heavy atom. The third kappa shape index (κ3) is 2.97. The van der Waals surface area contributed by atoms with Gasteiger partial charge >= 0.3 is 0 Å². The van der Waals surface area contributed by atoms with E-state index in [2.05, 4.69) is 10.5 Å². The third-order valence-electron chi connectivity index (χ3n) is 4.54. The molecule has 4 aromatic rings. The van der Waals surface area contributed by atoms with E-state index in [1.165, 1.54) is 5.56 Å². The van der Waals surface area contributed by atoms with E-state index in [1.54, 1.807) is 12.1 Å². The molecule has 0 fully saturated rings. The van der Waals surface area contributed by atoms with Crippen LogP contribution in [-0.2, 0) is 0 Å². The molecule has 0 radical (unpaired) electrons. The fourth-order valence-corrected chi connectivity index (χ4v) is 2.90. The van der Waals surface area contributed by atoms with Crippen molar-refractivity contribution in [3.05, 3.63) is 83.4 Å². The number of rotatable bonds is 3. The molecule has 1 heterocycles. The average molecular weight is 342 g/mol. The summed E-state index contributed by atoms with van der Waals surface area (Å²) in [7, 11) is 0. The normalized spacial score (nSPS) is 10.8. The highest BCUT2D eigenvalue weighted by atomic mass is 16.5. The number of benzene rings is 3. The minimum atomic E-state index is -0.167. The lowest BCUT2D eigenvalue weighted by atomic mass is 10.1. The molecule has 0 saturated carbocycles. The van der Waals surface area contributed by atoms with Crippen molar-refractivity contribution < 1.29 is 9.32 Å². The van der Waals surface area contributed by atoms with Gasteiger partial charge in [0.1, 0.15) is 5.52 Å². The highest BCUT2D eigenvalue weighted by Crippen LogP contribution is 2.29. The van der Waals surface area contributed by atoms with Crippen molar-refractivity contribution in [2.45, 2.75) is 13.8 Å². The molecule has 1 amide bonds. The molecule has 4 rings (SSSR count). The number of hydrogen-bond donors (Lipinski definition) is 1. The fraction of sp³-hybridized carbons (Fsp3) is 0.0909. The third-order valence-corrected chi connectivity index (χ3v) is 4.54. The van der Waals surface area contributed by atoms with Gasteiger partial charge in [0, 0.05) is 22.2 Å². The predicted octanol–water partition coefficient (Wildman–Crippen LogP) is 5.36. The minimum absolute atomic E-state index is 0.167. The summed E-state index contributed by atoms with van der Waals surface area (Å²) in [5, 5.41) is 7.94. The topological polar surface area (TPSA) is 55.1 Å². The maximum atomic E-state index is 12.6. The molecular weight excluding hydrogens is 324 g/mol. The number of nitrogens with zero attached hydrogens (tertiary/aromatic N) is 1. The highest BCUT2D eigenvalue weighted by molar-refractivity contribution is 6.07. The van der Waals surface area contributed by atoms with Gasteiger partial charge in [-0.25, -0.2) is 0 Å². The molecule has 4 nitrogen and oxygen atoms in total. The van der Waals surface area contributed by atoms with E-state index in [1.807, 2.05) is 68.4 Å². The smallest absolute Gasteiger partial charge is 0.255 e. The van der Waals surface area contributed by atoms with E-state index in [0.29, 0.717) is 16.8 Å². The molecule has 1 aromatic heterocycles. The quantitative estimate of drug-likeness (QED) is 0.545. The van der Waals surface area contributed by atoms with Crippen LogP contribution in [0.25, 0.3) is 22.2 Å². The molecular formula is C22H18N2O2. The Bertz CT molecular complexity index is 1100. The average Bonchev–Trinajstić information content (AvgIpc) is 3.08. The van der Waals surface area contributed by atoms with Gasteiger partial charge in [0.25, 0.3) is 5.91 Å². The van der Waals surface area contributed by atoms with Gasteiger partial charge in [-0.1, -0.05) is 41.6 Å². The first-order chi connectivity index (χ1) is 12.6. The molecule has 0 atom stereocenters. The van der Waals surface area contributed by atoms with Gasteiger partial charge in [-0.05, 0) is 55.3 Å². The van der Waals surface area contributed by atoms with E-state index in [9.17, 15) is 4.79 Å². The number of carbonyl (C=O) groups excluding carboxylic acids is 1. The van der Waals surface area contributed by atoms with Gasteiger partial charge in [0.15, 0.2) is 5.76 Å². The van der Waals surface area contributed by atoms with Crippen LogP contribution in [-0.4, -0.2) is 11.1 Å². The van der Waals surface area contributed by atoms with Crippen LogP contribution >= 0.6 is 0 Å². The largest absolute Gasteiger partial charge is 0.355 e. The van der Waals surface area contributed by atoms with Gasteiger partial charge in [-0.15, -0.1) is 0 Å². The number of aryl methyl sites for hydroxylation is 2. The Labute approximate surface area is 151 Å². The summed E-state index contributed by atoms with van der Waals surface area (Å²) in [5.41, 5.74) is 5.29. The molecule has 0 unspecified atom stereocenters. The Hall–Kier alpha value is -3.40. The van der Waals surface area contributed by atoms with Crippen molar-refractivity contribution in [2.24, 2.45) is 0 Å². The zero-order valence-corrected chi connectivity index (χ0v) is 14.6. The number of aromatic nitrogens is 1. The van der Waals surface area contributed by atoms with Crippen molar-refractivity contribution >= 4 is 22.5 Å². The van der Waals surface area contributed by atoms with Gasteiger partial charge in [-0.3, -0.25) is 4.79 Å². The van der Waals surface area contributed by atoms with E-state index < -0.39 is 0 Å². The molecule has 3 aromatic carbocycles. The summed E-state index contributed by atoms with van der Waals surface area (Å²) in [6, 6.07) is 21.1. The minimum Gasteiger partial charge on any atom is -0.355 e. The fourth-order valence-electron chi connectivity index (χ4n) is 2.90. The Balaban J connectivity index is 1.63. The van der Waals surface area contributed by atoms with Crippen LogP contribution < -0.4 is 5.32 Å². The van der Waals surface area contributed by atoms with Crippen molar-refractivity contribution in [3.8, 4) is 11.3 Å². The lowest BCUT2D eigenvalue weighted by Gasteiger charge is -2.07. The number of fused-ring (bicyclic) bond motifs is 1. The van der Waals surface area contributed by atoms with Crippen LogP contribution in [0.2, 0.25) is 0 Å². The molecule has 0 aliphatic heterocycles. The van der Waals surface area contributed by atoms with Crippen LogP contribution in [0.4, 0.5) is 5.69 Å². The van der Waals surface area contributed by atoms with E-state index >= 15 is 0 Å². The van der Waals surface area contributed by atoms with Gasteiger partial charge in [0.05, 0.1) is 0 Å². The summed E-state index contributed by atoms with van der Waals surface area (Å²) in [5.74, 6) is 0.543. The van der Waals surface area contributed by atoms with Crippen LogP contribution in [0.3, 0.4) is 0 Å². The number of carbonyl (C=O) groups is 1. The molecule has 26 heavy (non-hydrogen) atoms. The lowest BCUT2D eigenvalue weighted by molar-refractivity contribution is 0.102. The maximum Gasteiger partial charge on any atom is 0.255 e. The lowest BCUT2D eigenvalue weighted by Crippen LogP contribution is -2.11. The van der Waals surface area contributed by atoms with Crippen molar-refractivity contribution in [3.63, 3.8) is 0 Å². The van der Waals surface area contributed by atoms with Crippen LogP contribution in [0, 0.1) is 13.8 Å². The van der Waals surface area contributed by atoms with E-state index in [0.717, 1.165) is 22.2 Å². The Morgan fingerprint density at radius 1 is 0.923 bits per heavy atom. The molecule has 0 saturated heterocycles. The number of anilines is 1. The molecule has 128 valence electrons. The molecule has 4 heteroatoms. The zero-order valence-electron chi connectivity index (χ0n) is 14.6. The van der Waals surface area contributed by atoms with Gasteiger partial charge in [0.2, 0.25) is 0 Å². The number of nitrogens with one attached hydrogen (secondary N) is 1. The van der Waals surface area contributed by atoms with Crippen LogP contribution in [0.5, 0.6) is 0 Å². The summed E-state index contributed by atoms with van der Waals surface area (Å²) < 4.78 is 5.50. The van der Waals surface area contributed by atoms with Gasteiger partial charge < -0.3 is 9.84 Å². The Kier molecular flexibility index (Phi) is 4.01. The predicted molar refractivity (Wildman–Crippen MR) is 103 cm³/mol. The monoisotopic (exact) mass is 342 g/mol. The standard InChI is InChI=1S/C22H18N2O2/c1-14-8-10-18(12-15(14)2)23-22(25)17-9-11-19-20(13-17)24-26-21(19)16-6-4-3-5-7-16/h3-13H,1-2H3,(H,23,25). The SMILES string of the molecule is Cc1ccc(NC(=O)c2ccc3c(-c4ccccc4)onc3c2)cc1C. The van der Waals surface area contributed by atoms with Crippen molar-refractivity contribution in [1.29, 1.82) is 0 Å². The summed E-state index contributed by atoms with van der Waals surface area (Å²) in [4.78, 5) is 12.6. The summed E-state index contributed by atoms with van der Waals surface area (Å²) in [6.45, 7) is 4.07. The van der Waals surface area contributed by atoms with Crippen molar-refractivity contribution in [1.82, 2.24) is 5.16 Å². The second-order valence-electron chi connectivity index (χ2n) is 6.36. The first-order valence-electron chi connectivity index (χ1n) is 8.45. The van der Waals surface area contributed by atoms with Gasteiger partial charge in [-0.2, -0.15) is 0 Å². The first kappa shape index (κ1) is 16.1. The van der Waals surface area contributed by atoms with Crippen LogP contribution in [0.1, 0.15) is 21.5 Å². The van der Waals surface area contributed by atoms with E-state index in [4.69, 9.17) is 4.52 Å². The Morgan fingerprint density at radius 3 is 2.50 bits per heavy atom. The van der Waals surface area contributed by atoms with Crippen molar-refractivity contribution in [2.75, 3.05) is 5.32 Å². The number of amides is 1. The highest BCUT2D eigenvalue weighted by Gasteiger charge is 2.14. The second kappa shape index (κ2) is 6.48. The molecule has 0 aliphatic carbocycles. The van der Waals surface area contributed by atoms with Crippen LogP contribution in [0.15, 0.2) is 71.3 Å². The molecule has 0 aliphatic rings. The summed E-state index contributed by atoms with van der Waals surface area (Å²) in [6.07, 6.45) is 0. The zero-order chi connectivity index (χ0) is 18.1. The molecule has 1 N–H and O–H groups in total.